The van der Waals surface area contributed by atoms with Crippen molar-refractivity contribution in [3.05, 3.63) is 54.1 Å². The topological polar surface area (TPSA) is 78.0 Å². The van der Waals surface area contributed by atoms with E-state index in [1.807, 2.05) is 12.4 Å². The highest BCUT2D eigenvalue weighted by molar-refractivity contribution is 5.87. The summed E-state index contributed by atoms with van der Waals surface area (Å²) in [6, 6.07) is 9.02. The monoisotopic (exact) mass is 301 g/mol. The predicted octanol–water partition coefficient (Wildman–Crippen LogP) is 2.87. The maximum Gasteiger partial charge on any atom is 0.335 e. The Bertz CT molecular complexity index is 534. The smallest absolute Gasteiger partial charge is 0.335 e. The molecule has 3 N–H and O–H groups in total. The number of rotatable bonds is 4. The van der Waals surface area contributed by atoms with Crippen molar-refractivity contribution in [2.75, 3.05) is 6.54 Å². The van der Waals surface area contributed by atoms with E-state index in [9.17, 15) is 4.79 Å². The van der Waals surface area contributed by atoms with Crippen LogP contribution in [0.15, 0.2) is 42.7 Å². The number of aromatic carboxylic acids is 1. The average Bonchev–Trinajstić information content (AvgIpc) is 3.09. The Kier molecular flexibility index (Phi) is 6.64. The Labute approximate surface area is 130 Å². The van der Waals surface area contributed by atoms with Gasteiger partial charge in [-0.15, -0.1) is 0 Å². The second-order valence-electron chi connectivity index (χ2n) is 5.39. The number of carboxylic acid groups (broad SMARTS) is 1. The molecule has 0 radical (unpaired) electrons. The van der Waals surface area contributed by atoms with Crippen LogP contribution in [0, 0.1) is 0 Å². The first-order valence-electron chi connectivity index (χ1n) is 7.75. The highest BCUT2D eigenvalue weighted by Gasteiger charge is 2.12. The fourth-order valence-corrected chi connectivity index (χ4v) is 2.50. The van der Waals surface area contributed by atoms with Crippen LogP contribution in [0.2, 0.25) is 0 Å². The molecule has 1 atom stereocenters. The van der Waals surface area contributed by atoms with Crippen molar-refractivity contribution in [3.63, 3.8) is 0 Å². The molecular weight excluding hydrogens is 278 g/mol. The van der Waals surface area contributed by atoms with Gasteiger partial charge >= 0.3 is 5.97 Å². The number of carboxylic acids is 1. The van der Waals surface area contributed by atoms with Crippen LogP contribution in [-0.4, -0.2) is 33.6 Å². The normalized spacial score (nSPS) is 17.4. The molecule has 118 valence electrons. The Balaban J connectivity index is 0.000000172. The zero-order valence-electron chi connectivity index (χ0n) is 12.7. The molecule has 0 bridgehead atoms. The third-order valence-corrected chi connectivity index (χ3v) is 3.72. The highest BCUT2D eigenvalue weighted by atomic mass is 16.4. The highest BCUT2D eigenvalue weighted by Crippen LogP contribution is 2.11. The van der Waals surface area contributed by atoms with E-state index in [2.05, 4.69) is 15.3 Å². The van der Waals surface area contributed by atoms with E-state index in [-0.39, 0.29) is 0 Å². The number of carbonyl (C=O) groups is 1. The number of imidazole rings is 1. The van der Waals surface area contributed by atoms with E-state index in [0.29, 0.717) is 5.56 Å². The molecule has 0 saturated carbocycles. The fraction of sp³-hybridized carbons (Fsp3) is 0.412. The molecule has 0 aliphatic carbocycles. The minimum atomic E-state index is -0.879. The molecule has 1 saturated heterocycles. The van der Waals surface area contributed by atoms with Crippen molar-refractivity contribution >= 4 is 5.97 Å². The maximum absolute atomic E-state index is 10.2. The Hall–Kier alpha value is -2.14. The minimum Gasteiger partial charge on any atom is -0.478 e. The number of aromatic amines is 1. The Morgan fingerprint density at radius 2 is 2.09 bits per heavy atom. The van der Waals surface area contributed by atoms with E-state index < -0.39 is 5.97 Å². The molecule has 3 rings (SSSR count). The molecule has 1 aliphatic rings. The van der Waals surface area contributed by atoms with E-state index in [1.165, 1.54) is 32.2 Å². The molecule has 5 nitrogen and oxygen atoms in total. The lowest BCUT2D eigenvalue weighted by atomic mass is 10.0. The number of H-pyrrole nitrogens is 1. The molecule has 1 aromatic heterocycles. The van der Waals surface area contributed by atoms with E-state index in [1.54, 1.807) is 30.3 Å². The lowest BCUT2D eigenvalue weighted by Gasteiger charge is -2.22. The lowest BCUT2D eigenvalue weighted by Crippen LogP contribution is -2.34. The van der Waals surface area contributed by atoms with Gasteiger partial charge in [0.05, 0.1) is 5.56 Å². The molecule has 2 heterocycles. The van der Waals surface area contributed by atoms with Gasteiger partial charge in [0.15, 0.2) is 0 Å². The van der Waals surface area contributed by atoms with Crippen molar-refractivity contribution in [1.82, 2.24) is 15.3 Å². The van der Waals surface area contributed by atoms with Crippen LogP contribution >= 0.6 is 0 Å². The molecule has 2 aromatic rings. The van der Waals surface area contributed by atoms with Crippen molar-refractivity contribution in [2.45, 2.75) is 38.1 Å². The van der Waals surface area contributed by atoms with Gasteiger partial charge in [-0.3, -0.25) is 0 Å². The minimum absolute atomic E-state index is 0.331. The van der Waals surface area contributed by atoms with Gasteiger partial charge in [0, 0.05) is 24.9 Å². The zero-order chi connectivity index (χ0) is 15.6. The number of nitrogens with one attached hydrogen (secondary N) is 2. The third-order valence-electron chi connectivity index (χ3n) is 3.72. The number of nitrogens with zero attached hydrogens (tertiary/aromatic N) is 1. The summed E-state index contributed by atoms with van der Waals surface area (Å²) in [7, 11) is 0. The van der Waals surface area contributed by atoms with Gasteiger partial charge in [0.1, 0.15) is 5.82 Å². The number of hydrogen-bond acceptors (Lipinski definition) is 3. The summed E-state index contributed by atoms with van der Waals surface area (Å²) >= 11 is 0. The van der Waals surface area contributed by atoms with Crippen LogP contribution in [0.1, 0.15) is 41.9 Å². The van der Waals surface area contributed by atoms with Gasteiger partial charge in [-0.25, -0.2) is 9.78 Å². The fourth-order valence-electron chi connectivity index (χ4n) is 2.50. The molecule has 1 aromatic carbocycles. The number of benzene rings is 1. The van der Waals surface area contributed by atoms with Crippen molar-refractivity contribution in [3.8, 4) is 0 Å². The van der Waals surface area contributed by atoms with Gasteiger partial charge in [-0.1, -0.05) is 24.6 Å². The SMILES string of the molecule is O=C(O)c1ccccc1.c1c[nH]c(CCC2CCCCN2)n1. The molecule has 5 heteroatoms. The maximum atomic E-state index is 10.2. The van der Waals surface area contributed by atoms with Crippen LogP contribution < -0.4 is 5.32 Å². The summed E-state index contributed by atoms with van der Waals surface area (Å²) in [6.45, 7) is 1.20. The summed E-state index contributed by atoms with van der Waals surface area (Å²) in [5, 5.41) is 11.9. The van der Waals surface area contributed by atoms with Gasteiger partial charge in [-0.2, -0.15) is 0 Å². The van der Waals surface area contributed by atoms with Gasteiger partial charge in [-0.05, 0) is 37.9 Å². The molecule has 1 unspecified atom stereocenters. The number of piperidine rings is 1. The van der Waals surface area contributed by atoms with Gasteiger partial charge < -0.3 is 15.4 Å². The first-order valence-corrected chi connectivity index (χ1v) is 7.75. The van der Waals surface area contributed by atoms with Crippen LogP contribution in [-0.2, 0) is 6.42 Å². The number of aryl methyl sites for hydroxylation is 1. The third kappa shape index (κ3) is 5.69. The number of aromatic nitrogens is 2. The Morgan fingerprint density at radius 1 is 1.27 bits per heavy atom. The zero-order valence-corrected chi connectivity index (χ0v) is 12.7. The molecule has 1 aliphatic heterocycles. The van der Waals surface area contributed by atoms with Crippen molar-refractivity contribution in [2.24, 2.45) is 0 Å². The van der Waals surface area contributed by atoms with Crippen LogP contribution in [0.5, 0.6) is 0 Å². The summed E-state index contributed by atoms with van der Waals surface area (Å²) in [5.74, 6) is 0.239. The second-order valence-corrected chi connectivity index (χ2v) is 5.39. The second kappa shape index (κ2) is 9.00. The van der Waals surface area contributed by atoms with Gasteiger partial charge in [0.25, 0.3) is 0 Å². The van der Waals surface area contributed by atoms with Crippen LogP contribution in [0.4, 0.5) is 0 Å². The first-order chi connectivity index (χ1) is 10.8. The quantitative estimate of drug-likeness (QED) is 0.811. The van der Waals surface area contributed by atoms with Crippen molar-refractivity contribution < 1.29 is 9.90 Å². The van der Waals surface area contributed by atoms with E-state index in [4.69, 9.17) is 5.11 Å². The van der Waals surface area contributed by atoms with E-state index >= 15 is 0 Å². The van der Waals surface area contributed by atoms with Crippen LogP contribution in [0.3, 0.4) is 0 Å². The lowest BCUT2D eigenvalue weighted by molar-refractivity contribution is 0.0697. The summed E-state index contributed by atoms with van der Waals surface area (Å²) in [6.07, 6.45) is 10.1. The van der Waals surface area contributed by atoms with Gasteiger partial charge in [0.2, 0.25) is 0 Å². The molecule has 0 spiro atoms. The number of hydrogen-bond donors (Lipinski definition) is 3. The summed E-state index contributed by atoms with van der Waals surface area (Å²) in [4.78, 5) is 17.6. The average molecular weight is 301 g/mol. The summed E-state index contributed by atoms with van der Waals surface area (Å²) in [5.41, 5.74) is 0.331. The predicted molar refractivity (Wildman–Crippen MR) is 86.0 cm³/mol. The van der Waals surface area contributed by atoms with E-state index in [0.717, 1.165) is 18.3 Å². The standard InChI is InChI=1S/C10H17N3.C7H6O2/c1-2-6-11-9(3-1)4-5-10-12-7-8-13-10;8-7(9)6-4-2-1-3-5-6/h7-9,11H,1-6H2,(H,12,13);1-5H,(H,8,9). The summed E-state index contributed by atoms with van der Waals surface area (Å²) < 4.78 is 0. The Morgan fingerprint density at radius 3 is 2.64 bits per heavy atom. The first kappa shape index (κ1) is 16.2. The molecule has 22 heavy (non-hydrogen) atoms. The molecule has 1 fully saturated rings. The largest absolute Gasteiger partial charge is 0.478 e. The molecular formula is C17H23N3O2. The van der Waals surface area contributed by atoms with Crippen molar-refractivity contribution in [1.29, 1.82) is 0 Å². The molecule has 0 amide bonds. The van der Waals surface area contributed by atoms with Crippen LogP contribution in [0.25, 0.3) is 0 Å².